The van der Waals surface area contributed by atoms with Crippen molar-refractivity contribution < 1.29 is 9.47 Å². The van der Waals surface area contributed by atoms with Crippen LogP contribution in [0.25, 0.3) is 10.8 Å². The quantitative estimate of drug-likeness (QED) is 0.908. The fraction of sp³-hybridized carbons (Fsp3) is 0.438. The van der Waals surface area contributed by atoms with Crippen LogP contribution in [0.3, 0.4) is 0 Å². The summed E-state index contributed by atoms with van der Waals surface area (Å²) in [5, 5.41) is 5.93. The Morgan fingerprint density at radius 1 is 1.25 bits per heavy atom. The van der Waals surface area contributed by atoms with Gasteiger partial charge in [0.2, 0.25) is 0 Å². The maximum absolute atomic E-state index is 5.58. The van der Waals surface area contributed by atoms with E-state index in [4.69, 9.17) is 9.47 Å². The molecule has 1 aliphatic heterocycles. The van der Waals surface area contributed by atoms with Gasteiger partial charge in [-0.1, -0.05) is 31.2 Å². The summed E-state index contributed by atoms with van der Waals surface area (Å²) in [6.07, 6.45) is 4.55. The van der Waals surface area contributed by atoms with Gasteiger partial charge in [-0.3, -0.25) is 4.98 Å². The lowest BCUT2D eigenvalue weighted by atomic mass is 9.99. The summed E-state index contributed by atoms with van der Waals surface area (Å²) in [6, 6.07) is 8.54. The number of nitrogens with one attached hydrogen (secondary N) is 1. The molecule has 1 aliphatic rings. The Morgan fingerprint density at radius 2 is 2.05 bits per heavy atom. The van der Waals surface area contributed by atoms with Crippen molar-refractivity contribution in [2.75, 3.05) is 19.8 Å². The zero-order chi connectivity index (χ0) is 13.8. The van der Waals surface area contributed by atoms with E-state index in [1.807, 2.05) is 18.5 Å². The van der Waals surface area contributed by atoms with Crippen LogP contribution < -0.4 is 5.32 Å². The molecule has 1 aromatic heterocycles. The Bertz CT molecular complexity index is 562. The number of hydrogen-bond donors (Lipinski definition) is 1. The van der Waals surface area contributed by atoms with E-state index in [1.54, 1.807) is 0 Å². The molecule has 106 valence electrons. The van der Waals surface area contributed by atoms with E-state index in [-0.39, 0.29) is 12.3 Å². The van der Waals surface area contributed by atoms with Crippen molar-refractivity contribution in [2.24, 2.45) is 0 Å². The van der Waals surface area contributed by atoms with Crippen molar-refractivity contribution in [3.63, 3.8) is 0 Å². The Hall–Kier alpha value is -1.49. The second kappa shape index (κ2) is 6.31. The van der Waals surface area contributed by atoms with Gasteiger partial charge in [-0.15, -0.1) is 0 Å². The van der Waals surface area contributed by atoms with Crippen LogP contribution in [0, 0.1) is 0 Å². The molecule has 0 aliphatic carbocycles. The van der Waals surface area contributed by atoms with Gasteiger partial charge < -0.3 is 14.8 Å². The highest BCUT2D eigenvalue weighted by Gasteiger charge is 2.23. The van der Waals surface area contributed by atoms with Crippen LogP contribution in [0.15, 0.2) is 36.7 Å². The monoisotopic (exact) mass is 272 g/mol. The molecule has 0 radical (unpaired) electrons. The first-order valence-electron chi connectivity index (χ1n) is 7.17. The minimum absolute atomic E-state index is 0.113. The third-order valence-electron chi connectivity index (χ3n) is 3.64. The number of fused-ring (bicyclic) bond motifs is 1. The lowest BCUT2D eigenvalue weighted by Gasteiger charge is -2.22. The van der Waals surface area contributed by atoms with Crippen molar-refractivity contribution in [1.29, 1.82) is 0 Å². The van der Waals surface area contributed by atoms with E-state index >= 15 is 0 Å². The molecule has 1 N–H and O–H groups in total. The fourth-order valence-corrected chi connectivity index (χ4v) is 2.72. The molecule has 2 heterocycles. The number of aromatic nitrogens is 1. The molecule has 1 aromatic carbocycles. The van der Waals surface area contributed by atoms with Gasteiger partial charge in [0.1, 0.15) is 0 Å². The molecule has 0 saturated carbocycles. The maximum atomic E-state index is 5.58. The van der Waals surface area contributed by atoms with Crippen molar-refractivity contribution in [3.05, 3.63) is 42.2 Å². The largest absolute Gasteiger partial charge is 0.350 e. The molecule has 0 bridgehead atoms. The molecule has 1 fully saturated rings. The minimum Gasteiger partial charge on any atom is -0.350 e. The van der Waals surface area contributed by atoms with Crippen molar-refractivity contribution in [2.45, 2.75) is 25.7 Å². The summed E-state index contributed by atoms with van der Waals surface area (Å²) in [4.78, 5) is 4.37. The first kappa shape index (κ1) is 13.5. The van der Waals surface area contributed by atoms with Crippen LogP contribution in [0.2, 0.25) is 0 Å². The summed E-state index contributed by atoms with van der Waals surface area (Å²) in [6.45, 7) is 4.40. The van der Waals surface area contributed by atoms with Gasteiger partial charge in [0.05, 0.1) is 13.2 Å². The highest BCUT2D eigenvalue weighted by Crippen LogP contribution is 2.27. The predicted octanol–water partition coefficient (Wildman–Crippen LogP) is 2.65. The molecule has 4 heteroatoms. The highest BCUT2D eigenvalue weighted by molar-refractivity contribution is 5.85. The maximum Gasteiger partial charge on any atom is 0.159 e. The summed E-state index contributed by atoms with van der Waals surface area (Å²) >= 11 is 0. The Kier molecular flexibility index (Phi) is 4.25. The summed E-state index contributed by atoms with van der Waals surface area (Å²) in [5.41, 5.74) is 1.21. The van der Waals surface area contributed by atoms with E-state index < -0.39 is 0 Å². The molecule has 2 aromatic rings. The zero-order valence-corrected chi connectivity index (χ0v) is 11.7. The average molecular weight is 272 g/mol. The van der Waals surface area contributed by atoms with E-state index in [0.717, 1.165) is 13.0 Å². The number of pyridine rings is 1. The fourth-order valence-electron chi connectivity index (χ4n) is 2.72. The molecule has 4 nitrogen and oxygen atoms in total. The lowest BCUT2D eigenvalue weighted by Crippen LogP contribution is -2.26. The van der Waals surface area contributed by atoms with Gasteiger partial charge in [-0.2, -0.15) is 0 Å². The molecule has 0 spiro atoms. The van der Waals surface area contributed by atoms with Crippen molar-refractivity contribution in [3.8, 4) is 0 Å². The van der Waals surface area contributed by atoms with E-state index in [1.165, 1.54) is 16.3 Å². The van der Waals surface area contributed by atoms with Gasteiger partial charge in [0, 0.05) is 30.2 Å². The number of nitrogens with zero attached hydrogens (tertiary/aromatic N) is 1. The standard InChI is InChI=1S/C16H20N2O2/c1-2-18-15(9-16-19-7-8-20-16)14-11-17-10-12-5-3-4-6-13(12)14/h3-6,10-11,15-16,18H,2,7-9H2,1H3. The molecular weight excluding hydrogens is 252 g/mol. The number of benzene rings is 1. The smallest absolute Gasteiger partial charge is 0.159 e. The second-order valence-electron chi connectivity index (χ2n) is 4.97. The topological polar surface area (TPSA) is 43.4 Å². The van der Waals surface area contributed by atoms with Gasteiger partial charge in [-0.05, 0) is 17.5 Å². The molecule has 20 heavy (non-hydrogen) atoms. The SMILES string of the molecule is CCNC(CC1OCCO1)c1cncc2ccccc12. The molecule has 1 atom stereocenters. The van der Waals surface area contributed by atoms with E-state index in [9.17, 15) is 0 Å². The summed E-state index contributed by atoms with van der Waals surface area (Å²) in [7, 11) is 0. The Balaban J connectivity index is 1.91. The zero-order valence-electron chi connectivity index (χ0n) is 11.7. The number of ether oxygens (including phenoxy) is 2. The van der Waals surface area contributed by atoms with E-state index in [0.29, 0.717) is 13.2 Å². The molecule has 1 saturated heterocycles. The third kappa shape index (κ3) is 2.82. The van der Waals surface area contributed by atoms with Crippen LogP contribution in [0.1, 0.15) is 24.9 Å². The highest BCUT2D eigenvalue weighted by atomic mass is 16.7. The van der Waals surface area contributed by atoms with Crippen molar-refractivity contribution in [1.82, 2.24) is 10.3 Å². The average Bonchev–Trinajstić information content (AvgIpc) is 2.99. The van der Waals surface area contributed by atoms with Crippen LogP contribution in [-0.2, 0) is 9.47 Å². The normalized spacial score (nSPS) is 17.6. The molecule has 0 amide bonds. The van der Waals surface area contributed by atoms with Crippen LogP contribution in [-0.4, -0.2) is 31.0 Å². The van der Waals surface area contributed by atoms with Gasteiger partial charge in [0.15, 0.2) is 6.29 Å². The van der Waals surface area contributed by atoms with Gasteiger partial charge >= 0.3 is 0 Å². The summed E-state index contributed by atoms with van der Waals surface area (Å²) < 4.78 is 11.2. The first-order valence-corrected chi connectivity index (χ1v) is 7.17. The predicted molar refractivity (Wildman–Crippen MR) is 78.5 cm³/mol. The van der Waals surface area contributed by atoms with Gasteiger partial charge in [-0.25, -0.2) is 0 Å². The van der Waals surface area contributed by atoms with Crippen molar-refractivity contribution >= 4 is 10.8 Å². The number of rotatable bonds is 5. The van der Waals surface area contributed by atoms with E-state index in [2.05, 4.69) is 35.4 Å². The van der Waals surface area contributed by atoms with Crippen LogP contribution in [0.5, 0.6) is 0 Å². The minimum atomic E-state index is -0.113. The third-order valence-corrected chi connectivity index (χ3v) is 3.64. The molecule has 3 rings (SSSR count). The molecular formula is C16H20N2O2. The first-order chi connectivity index (χ1) is 9.88. The molecule has 1 unspecified atom stereocenters. The number of hydrogen-bond acceptors (Lipinski definition) is 4. The van der Waals surface area contributed by atoms with Crippen LogP contribution >= 0.6 is 0 Å². The van der Waals surface area contributed by atoms with Crippen LogP contribution in [0.4, 0.5) is 0 Å². The Morgan fingerprint density at radius 3 is 2.85 bits per heavy atom. The second-order valence-corrected chi connectivity index (χ2v) is 4.97. The summed E-state index contributed by atoms with van der Waals surface area (Å²) in [5.74, 6) is 0. The van der Waals surface area contributed by atoms with Gasteiger partial charge in [0.25, 0.3) is 0 Å². The lowest BCUT2D eigenvalue weighted by molar-refractivity contribution is -0.0528. The Labute approximate surface area is 119 Å².